The van der Waals surface area contributed by atoms with E-state index >= 15 is 0 Å². The molecule has 0 N–H and O–H groups in total. The maximum Gasteiger partial charge on any atom is 0.460 e. The first-order valence-corrected chi connectivity index (χ1v) is 10.7. The van der Waals surface area contributed by atoms with E-state index in [4.69, 9.17) is 0 Å². The number of esters is 1. The Morgan fingerprint density at radius 2 is 0.881 bits per heavy atom. The van der Waals surface area contributed by atoms with Crippen molar-refractivity contribution in [3.63, 3.8) is 0 Å². The second-order valence-corrected chi connectivity index (χ2v) is 8.48. The number of alkyl halides is 17. The maximum atomic E-state index is 13.9. The van der Waals surface area contributed by atoms with Gasteiger partial charge in [0.05, 0.1) is 18.6 Å². The third-order valence-electron chi connectivity index (χ3n) is 5.66. The minimum Gasteiger partial charge on any atom is -0.462 e. The highest BCUT2D eigenvalue weighted by atomic mass is 19.4. The van der Waals surface area contributed by atoms with Crippen molar-refractivity contribution in [3.05, 3.63) is 60.2 Å². The smallest absolute Gasteiger partial charge is 0.460 e. The first-order chi connectivity index (χ1) is 18.7. The molecule has 0 heterocycles. The molecule has 0 unspecified atom stereocenters. The van der Waals surface area contributed by atoms with Crippen LogP contribution in [-0.2, 0) is 4.74 Å². The average Bonchev–Trinajstić information content (AvgIpc) is 2.87. The largest absolute Gasteiger partial charge is 0.462 e. The molecular weight excluding hydrogens is 631 g/mol. The van der Waals surface area contributed by atoms with Gasteiger partial charge in [-0.25, -0.2) is 4.79 Å². The highest BCUT2D eigenvalue weighted by Gasteiger charge is 2.95. The quantitative estimate of drug-likeness (QED) is 0.181. The van der Waals surface area contributed by atoms with Gasteiger partial charge in [-0.15, -0.1) is 0 Å². The zero-order valence-corrected chi connectivity index (χ0v) is 19.9. The highest BCUT2D eigenvalue weighted by molar-refractivity contribution is 5.90. The van der Waals surface area contributed by atoms with Gasteiger partial charge in [0.2, 0.25) is 0 Å². The third kappa shape index (κ3) is 5.45. The van der Waals surface area contributed by atoms with Crippen LogP contribution in [0.25, 0.3) is 11.1 Å². The molecule has 42 heavy (non-hydrogen) atoms. The summed E-state index contributed by atoms with van der Waals surface area (Å²) >= 11 is 0. The van der Waals surface area contributed by atoms with Gasteiger partial charge >= 0.3 is 53.6 Å². The zero-order valence-electron chi connectivity index (χ0n) is 19.9. The number of rotatable bonds is 11. The Hall–Kier alpha value is -3.28. The zero-order chi connectivity index (χ0) is 32.8. The van der Waals surface area contributed by atoms with E-state index in [1.165, 1.54) is 12.1 Å². The number of halogens is 17. The van der Waals surface area contributed by atoms with Gasteiger partial charge in [0.25, 0.3) is 0 Å². The summed E-state index contributed by atoms with van der Waals surface area (Å²) in [6.07, 6.45) is -10.7. The molecule has 0 aliphatic rings. The molecule has 0 aliphatic carbocycles. The van der Waals surface area contributed by atoms with Crippen molar-refractivity contribution in [1.82, 2.24) is 0 Å². The number of ether oxygens (including phenoxy) is 1. The fourth-order valence-corrected chi connectivity index (χ4v) is 3.14. The first kappa shape index (κ1) is 34.9. The van der Waals surface area contributed by atoms with Gasteiger partial charge in [0, 0.05) is 0 Å². The van der Waals surface area contributed by atoms with Crippen LogP contribution >= 0.6 is 0 Å². The third-order valence-corrected chi connectivity index (χ3v) is 5.66. The van der Waals surface area contributed by atoms with E-state index in [0.29, 0.717) is 11.1 Å². The molecule has 2 aromatic rings. The van der Waals surface area contributed by atoms with E-state index in [-0.39, 0.29) is 0 Å². The van der Waals surface area contributed by atoms with E-state index < -0.39 is 72.2 Å². The van der Waals surface area contributed by atoms with Crippen LogP contribution in [0.1, 0.15) is 16.8 Å². The highest BCUT2D eigenvalue weighted by Crippen LogP contribution is 2.64. The van der Waals surface area contributed by atoms with Gasteiger partial charge in [0.1, 0.15) is 0 Å². The van der Waals surface area contributed by atoms with Gasteiger partial charge in [-0.3, -0.25) is 0 Å². The summed E-state index contributed by atoms with van der Waals surface area (Å²) in [6.45, 7) is -2.01. The van der Waals surface area contributed by atoms with E-state index in [1.54, 1.807) is 30.3 Å². The summed E-state index contributed by atoms with van der Waals surface area (Å²) in [5.74, 6) is -58.5. The monoisotopic (exact) mass is 644 g/mol. The summed E-state index contributed by atoms with van der Waals surface area (Å²) in [5, 5.41) is 0. The lowest BCUT2D eigenvalue weighted by Gasteiger charge is -2.42. The Morgan fingerprint density at radius 3 is 1.31 bits per heavy atom. The Labute approximate surface area is 223 Å². The molecule has 0 atom stereocenters. The summed E-state index contributed by atoms with van der Waals surface area (Å²) in [6, 6.07) is 12.8. The predicted molar refractivity (Wildman–Crippen MR) is 107 cm³/mol. The molecule has 236 valence electrons. The van der Waals surface area contributed by atoms with Gasteiger partial charge in [-0.2, -0.15) is 74.6 Å². The Bertz CT molecular complexity index is 1240. The van der Waals surface area contributed by atoms with Crippen LogP contribution in [0.4, 0.5) is 74.6 Å². The second-order valence-electron chi connectivity index (χ2n) is 8.48. The molecule has 0 bridgehead atoms. The van der Waals surface area contributed by atoms with Crippen molar-refractivity contribution in [2.75, 3.05) is 6.61 Å². The van der Waals surface area contributed by atoms with Crippen molar-refractivity contribution in [3.8, 4) is 11.1 Å². The summed E-state index contributed by atoms with van der Waals surface area (Å²) in [5.41, 5.74) is 0.674. The van der Waals surface area contributed by atoms with Gasteiger partial charge in [-0.05, 0) is 23.3 Å². The Kier molecular flexibility index (Phi) is 8.95. The van der Waals surface area contributed by atoms with Crippen molar-refractivity contribution in [2.24, 2.45) is 0 Å². The molecular formula is C23H13F17O2. The standard InChI is InChI=1S/C23H13F17O2/c24-16(25,10-11-42-15(41)14-8-6-13(7-9-14)12-4-2-1-3-5-12)17(26,27)18(28,29)19(30,31)20(32,33)21(34,35)22(36,37)23(38,39)40/h1-9H,10-11H2. The maximum absolute atomic E-state index is 13.9. The fourth-order valence-electron chi connectivity index (χ4n) is 3.14. The minimum absolute atomic E-state index is 0.450. The number of hydrogen-bond donors (Lipinski definition) is 0. The van der Waals surface area contributed by atoms with Crippen molar-refractivity contribution in [2.45, 2.75) is 54.1 Å². The van der Waals surface area contributed by atoms with Crippen LogP contribution in [0.5, 0.6) is 0 Å². The van der Waals surface area contributed by atoms with Crippen LogP contribution in [0, 0.1) is 0 Å². The number of carbonyl (C=O) groups is 1. The van der Waals surface area contributed by atoms with Crippen LogP contribution in [0.3, 0.4) is 0 Å². The Balaban J connectivity index is 2.25. The molecule has 0 fully saturated rings. The molecule has 0 amide bonds. The van der Waals surface area contributed by atoms with E-state index in [0.717, 1.165) is 12.1 Å². The van der Waals surface area contributed by atoms with Crippen molar-refractivity contribution >= 4 is 5.97 Å². The number of carbonyl (C=O) groups excluding carboxylic acids is 1. The topological polar surface area (TPSA) is 26.3 Å². The first-order valence-electron chi connectivity index (χ1n) is 10.7. The number of benzene rings is 2. The van der Waals surface area contributed by atoms with Crippen molar-refractivity contribution < 1.29 is 84.2 Å². The summed E-state index contributed by atoms with van der Waals surface area (Å²) < 4.78 is 230. The summed E-state index contributed by atoms with van der Waals surface area (Å²) in [7, 11) is 0. The van der Waals surface area contributed by atoms with Gasteiger partial charge in [-0.1, -0.05) is 42.5 Å². The van der Waals surface area contributed by atoms with E-state index in [9.17, 15) is 79.4 Å². The Morgan fingerprint density at radius 1 is 0.500 bits per heavy atom. The van der Waals surface area contributed by atoms with Crippen molar-refractivity contribution in [1.29, 1.82) is 0 Å². The summed E-state index contributed by atoms with van der Waals surface area (Å²) in [4.78, 5) is 11.9. The van der Waals surface area contributed by atoms with Gasteiger partial charge < -0.3 is 4.74 Å². The molecule has 2 rings (SSSR count). The molecule has 0 spiro atoms. The predicted octanol–water partition coefficient (Wildman–Crippen LogP) is 8.91. The molecule has 0 saturated carbocycles. The lowest BCUT2D eigenvalue weighted by atomic mass is 9.88. The van der Waals surface area contributed by atoms with Crippen LogP contribution in [-0.4, -0.2) is 60.2 Å². The average molecular weight is 644 g/mol. The lowest BCUT2D eigenvalue weighted by Crippen LogP contribution is -2.74. The molecule has 2 nitrogen and oxygen atoms in total. The number of hydrogen-bond acceptors (Lipinski definition) is 2. The molecule has 0 saturated heterocycles. The normalized spacial score (nSPS) is 14.6. The molecule has 0 aliphatic heterocycles. The molecule has 19 heteroatoms. The molecule has 0 radical (unpaired) electrons. The second kappa shape index (κ2) is 10.8. The SMILES string of the molecule is O=C(OCCC(F)(F)C(F)(F)C(F)(F)C(F)(F)C(F)(F)C(F)(F)C(F)(F)C(F)(F)F)c1ccc(-c2ccccc2)cc1. The fraction of sp³-hybridized carbons (Fsp3) is 0.435. The van der Waals surface area contributed by atoms with Gasteiger partial charge in [0.15, 0.2) is 0 Å². The minimum atomic E-state index is -8.69. The van der Waals surface area contributed by atoms with E-state index in [1.807, 2.05) is 0 Å². The lowest BCUT2D eigenvalue weighted by molar-refractivity contribution is -0.461. The molecule has 0 aromatic heterocycles. The van der Waals surface area contributed by atoms with Crippen LogP contribution in [0.15, 0.2) is 54.6 Å². The van der Waals surface area contributed by atoms with Crippen LogP contribution < -0.4 is 0 Å². The molecule has 2 aromatic carbocycles. The van der Waals surface area contributed by atoms with E-state index in [2.05, 4.69) is 4.74 Å². The van der Waals surface area contributed by atoms with Crippen LogP contribution in [0.2, 0.25) is 0 Å².